The van der Waals surface area contributed by atoms with Crippen molar-refractivity contribution in [3.8, 4) is 0 Å². The molecule has 0 aromatic rings. The van der Waals surface area contributed by atoms with Crippen LogP contribution in [0.1, 0.15) is 53.4 Å². The van der Waals surface area contributed by atoms with Gasteiger partial charge >= 0.3 is 0 Å². The minimum absolute atomic E-state index is 0.0200. The van der Waals surface area contributed by atoms with Gasteiger partial charge in [0.1, 0.15) is 0 Å². The van der Waals surface area contributed by atoms with Gasteiger partial charge in [-0.25, -0.2) is 0 Å². The average molecular weight is 434 g/mol. The zero-order valence-electron chi connectivity index (χ0n) is 19.6. The molecule has 1 spiro atoms. The van der Waals surface area contributed by atoms with E-state index < -0.39 is 0 Å². The predicted octanol–water partition coefficient (Wildman–Crippen LogP) is 3.72. The Bertz CT molecular complexity index is 696. The Morgan fingerprint density at radius 2 is 2.10 bits per heavy atom. The van der Waals surface area contributed by atoms with Gasteiger partial charge in [0, 0.05) is 26.0 Å². The molecule has 3 aliphatic heterocycles. The summed E-state index contributed by atoms with van der Waals surface area (Å²) >= 11 is 0. The van der Waals surface area contributed by atoms with Crippen molar-refractivity contribution in [3.63, 3.8) is 0 Å². The van der Waals surface area contributed by atoms with E-state index in [9.17, 15) is 4.79 Å². The van der Waals surface area contributed by atoms with Crippen LogP contribution in [-0.4, -0.2) is 62.3 Å². The van der Waals surface area contributed by atoms with Gasteiger partial charge in [-0.3, -0.25) is 4.79 Å². The van der Waals surface area contributed by atoms with Gasteiger partial charge < -0.3 is 24.3 Å². The maximum absolute atomic E-state index is 12.2. The summed E-state index contributed by atoms with van der Waals surface area (Å²) in [5.74, 6) is 0.268. The number of hydrogen-bond acceptors (Lipinski definition) is 5. The average Bonchev–Trinajstić information content (AvgIpc) is 3.49. The minimum atomic E-state index is -0.0980. The van der Waals surface area contributed by atoms with Crippen molar-refractivity contribution in [2.24, 2.45) is 5.92 Å². The van der Waals surface area contributed by atoms with Gasteiger partial charge in [0.05, 0.1) is 49.3 Å². The van der Waals surface area contributed by atoms with Gasteiger partial charge in [-0.05, 0) is 39.5 Å². The third-order valence-electron chi connectivity index (χ3n) is 6.70. The van der Waals surface area contributed by atoms with Crippen molar-refractivity contribution in [3.05, 3.63) is 36.0 Å². The summed E-state index contributed by atoms with van der Waals surface area (Å²) in [6, 6.07) is 0.0200. The minimum Gasteiger partial charge on any atom is -0.378 e. The Labute approximate surface area is 187 Å². The van der Waals surface area contributed by atoms with Crippen molar-refractivity contribution in [1.82, 2.24) is 5.32 Å². The summed E-state index contributed by atoms with van der Waals surface area (Å²) in [5, 5.41) is 3.08. The summed E-state index contributed by atoms with van der Waals surface area (Å²) in [6.45, 7) is 9.92. The molecule has 174 valence electrons. The van der Waals surface area contributed by atoms with Crippen LogP contribution < -0.4 is 5.32 Å². The number of allylic oxidation sites excluding steroid dienone is 2. The van der Waals surface area contributed by atoms with Crippen LogP contribution in [0.25, 0.3) is 0 Å². The molecule has 3 rings (SSSR count). The molecular formula is C25H39NO5. The molecule has 0 bridgehead atoms. The van der Waals surface area contributed by atoms with Crippen LogP contribution in [0.4, 0.5) is 0 Å². The number of rotatable bonds is 8. The van der Waals surface area contributed by atoms with Gasteiger partial charge in [-0.15, -0.1) is 0 Å². The summed E-state index contributed by atoms with van der Waals surface area (Å²) in [5.41, 5.74) is 1.33. The molecule has 0 aromatic heterocycles. The number of epoxide rings is 1. The molecule has 3 aliphatic rings. The van der Waals surface area contributed by atoms with E-state index in [0.29, 0.717) is 5.92 Å². The smallest absolute Gasteiger partial charge is 0.244 e. The van der Waals surface area contributed by atoms with E-state index in [-0.39, 0.29) is 42.0 Å². The molecule has 1 amide bonds. The molecule has 0 radical (unpaired) electrons. The van der Waals surface area contributed by atoms with Crippen LogP contribution >= 0.6 is 0 Å². The Hall–Kier alpha value is -1.47. The van der Waals surface area contributed by atoms with Crippen LogP contribution in [0.2, 0.25) is 0 Å². The SMILES string of the molecule is COC(C)/C=C\C(=O)NC1CC(C)C(C/C=C(C)/C=C/C2CC3(CCO2)CO3)OC1C. The maximum Gasteiger partial charge on any atom is 0.244 e. The van der Waals surface area contributed by atoms with E-state index in [4.69, 9.17) is 18.9 Å². The number of amides is 1. The van der Waals surface area contributed by atoms with Crippen LogP contribution in [0, 0.1) is 5.92 Å². The first-order chi connectivity index (χ1) is 14.8. The first-order valence-electron chi connectivity index (χ1n) is 11.6. The molecule has 7 atom stereocenters. The van der Waals surface area contributed by atoms with Crippen LogP contribution in [0.3, 0.4) is 0 Å². The lowest BCUT2D eigenvalue weighted by Gasteiger charge is -2.39. The Kier molecular flexibility index (Phi) is 8.50. The van der Waals surface area contributed by atoms with Gasteiger partial charge in [-0.1, -0.05) is 36.8 Å². The molecule has 3 fully saturated rings. The molecule has 0 aliphatic carbocycles. The number of methoxy groups -OCH3 is 1. The summed E-state index contributed by atoms with van der Waals surface area (Å²) in [7, 11) is 1.62. The highest BCUT2D eigenvalue weighted by molar-refractivity contribution is 5.87. The van der Waals surface area contributed by atoms with E-state index in [1.54, 1.807) is 19.3 Å². The first kappa shape index (κ1) is 24.2. The predicted molar refractivity (Wildman–Crippen MR) is 121 cm³/mol. The first-order valence-corrected chi connectivity index (χ1v) is 11.6. The summed E-state index contributed by atoms with van der Waals surface area (Å²) in [4.78, 5) is 12.2. The standard InChI is InChI=1S/C25H39NO5/c1-17(6-9-21-15-25(16-30-25)12-13-29-21)7-10-23-18(2)14-22(20(4)31-23)26-24(27)11-8-19(3)28-5/h6-9,11,18-23H,10,12-16H2,1-5H3,(H,26,27)/b9-6+,11-8-,17-7+. The number of hydrogen-bond donors (Lipinski definition) is 1. The third-order valence-corrected chi connectivity index (χ3v) is 6.70. The normalized spacial score (nSPS) is 37.5. The number of nitrogens with one attached hydrogen (secondary N) is 1. The lowest BCUT2D eigenvalue weighted by molar-refractivity contribution is -0.123. The fourth-order valence-electron chi connectivity index (χ4n) is 4.29. The van der Waals surface area contributed by atoms with E-state index >= 15 is 0 Å². The second-order valence-electron chi connectivity index (χ2n) is 9.39. The molecule has 0 aromatic carbocycles. The van der Waals surface area contributed by atoms with Crippen molar-refractivity contribution in [2.75, 3.05) is 20.3 Å². The molecule has 1 N–H and O–H groups in total. The molecular weight excluding hydrogens is 394 g/mol. The largest absolute Gasteiger partial charge is 0.378 e. The molecule has 0 saturated carbocycles. The number of ether oxygens (including phenoxy) is 4. The Morgan fingerprint density at radius 1 is 1.32 bits per heavy atom. The quantitative estimate of drug-likeness (QED) is 0.359. The molecule has 7 unspecified atom stereocenters. The van der Waals surface area contributed by atoms with Crippen molar-refractivity contribution < 1.29 is 23.7 Å². The maximum atomic E-state index is 12.2. The second kappa shape index (κ2) is 10.9. The summed E-state index contributed by atoms with van der Waals surface area (Å²) in [6.07, 6.45) is 13.8. The zero-order chi connectivity index (χ0) is 22.4. The van der Waals surface area contributed by atoms with Gasteiger partial charge in [-0.2, -0.15) is 0 Å². The second-order valence-corrected chi connectivity index (χ2v) is 9.39. The van der Waals surface area contributed by atoms with Gasteiger partial charge in [0.15, 0.2) is 0 Å². The van der Waals surface area contributed by atoms with Crippen molar-refractivity contribution in [1.29, 1.82) is 0 Å². The van der Waals surface area contributed by atoms with Gasteiger partial charge in [0.25, 0.3) is 0 Å². The zero-order valence-corrected chi connectivity index (χ0v) is 19.6. The highest BCUT2D eigenvalue weighted by Crippen LogP contribution is 2.39. The highest BCUT2D eigenvalue weighted by atomic mass is 16.6. The van der Waals surface area contributed by atoms with E-state index in [2.05, 4.69) is 37.4 Å². The van der Waals surface area contributed by atoms with Crippen LogP contribution in [-0.2, 0) is 23.7 Å². The third kappa shape index (κ3) is 7.28. The number of carbonyl (C=O) groups is 1. The topological polar surface area (TPSA) is 69.3 Å². The molecule has 31 heavy (non-hydrogen) atoms. The fraction of sp³-hybridized carbons (Fsp3) is 0.720. The molecule has 3 heterocycles. The molecule has 6 nitrogen and oxygen atoms in total. The number of carbonyl (C=O) groups excluding carboxylic acids is 1. The molecule has 3 saturated heterocycles. The van der Waals surface area contributed by atoms with E-state index in [1.807, 2.05) is 13.8 Å². The Morgan fingerprint density at radius 3 is 2.81 bits per heavy atom. The lowest BCUT2D eigenvalue weighted by Crippen LogP contribution is -2.50. The van der Waals surface area contributed by atoms with Crippen molar-refractivity contribution >= 4 is 5.91 Å². The molecule has 6 heteroatoms. The van der Waals surface area contributed by atoms with E-state index in [0.717, 1.165) is 38.9 Å². The van der Waals surface area contributed by atoms with E-state index in [1.165, 1.54) is 5.57 Å². The fourth-order valence-corrected chi connectivity index (χ4v) is 4.29. The van der Waals surface area contributed by atoms with Crippen molar-refractivity contribution in [2.45, 2.75) is 89.4 Å². The Balaban J connectivity index is 1.44. The van der Waals surface area contributed by atoms with Crippen LogP contribution in [0.5, 0.6) is 0 Å². The highest BCUT2D eigenvalue weighted by Gasteiger charge is 2.48. The summed E-state index contributed by atoms with van der Waals surface area (Å²) < 4.78 is 22.9. The lowest BCUT2D eigenvalue weighted by atomic mass is 9.88. The van der Waals surface area contributed by atoms with Gasteiger partial charge in [0.2, 0.25) is 5.91 Å². The van der Waals surface area contributed by atoms with Crippen LogP contribution in [0.15, 0.2) is 36.0 Å². The monoisotopic (exact) mass is 433 g/mol.